The topological polar surface area (TPSA) is 79.2 Å². The molecule has 2 aromatic carbocycles. The van der Waals surface area contributed by atoms with Crippen LogP contribution < -0.4 is 15.8 Å². The van der Waals surface area contributed by atoms with E-state index in [1.165, 1.54) is 18.2 Å². The van der Waals surface area contributed by atoms with Gasteiger partial charge in [0.1, 0.15) is 11.2 Å². The van der Waals surface area contributed by atoms with Crippen LogP contribution in [0.4, 0.5) is 30.5 Å². The van der Waals surface area contributed by atoms with E-state index in [1.54, 1.807) is 12.1 Å². The molecular formula is C24H20Cl2F3N7O. The van der Waals surface area contributed by atoms with Crippen LogP contribution in [0, 0.1) is 0 Å². The Morgan fingerprint density at radius 1 is 0.973 bits per heavy atom. The fourth-order valence-corrected chi connectivity index (χ4v) is 4.63. The van der Waals surface area contributed by atoms with E-state index in [0.717, 1.165) is 38.1 Å². The van der Waals surface area contributed by atoms with Crippen molar-refractivity contribution < 1.29 is 13.2 Å². The molecule has 8 nitrogen and oxygen atoms in total. The van der Waals surface area contributed by atoms with Gasteiger partial charge in [-0.25, -0.2) is 9.97 Å². The summed E-state index contributed by atoms with van der Waals surface area (Å²) in [5, 5.41) is 6.02. The summed E-state index contributed by atoms with van der Waals surface area (Å²) in [5.41, 5.74) is -1.43. The Bertz CT molecular complexity index is 1500. The second-order valence-corrected chi connectivity index (χ2v) is 9.37. The van der Waals surface area contributed by atoms with E-state index in [2.05, 4.69) is 37.2 Å². The number of rotatable bonds is 4. The minimum atomic E-state index is -4.92. The van der Waals surface area contributed by atoms with Crippen molar-refractivity contribution in [1.29, 1.82) is 0 Å². The van der Waals surface area contributed by atoms with Gasteiger partial charge >= 0.3 is 6.18 Å². The molecule has 0 unspecified atom stereocenters. The first-order valence-electron chi connectivity index (χ1n) is 11.2. The van der Waals surface area contributed by atoms with Gasteiger partial charge < -0.3 is 15.1 Å². The maximum absolute atomic E-state index is 14.0. The lowest BCUT2D eigenvalue weighted by molar-refractivity contribution is -0.140. The number of para-hydroxylation sites is 1. The molecule has 0 saturated carbocycles. The van der Waals surface area contributed by atoms with E-state index in [9.17, 15) is 18.0 Å². The Kier molecular flexibility index (Phi) is 6.69. The van der Waals surface area contributed by atoms with Gasteiger partial charge in [0.25, 0.3) is 5.56 Å². The average molecular weight is 550 g/mol. The number of fused-ring (bicyclic) bond motifs is 1. The first-order valence-corrected chi connectivity index (χ1v) is 12.0. The molecule has 0 aliphatic carbocycles. The molecule has 1 aliphatic rings. The number of hydrogen-bond donors (Lipinski definition) is 1. The van der Waals surface area contributed by atoms with Crippen molar-refractivity contribution in [2.45, 2.75) is 6.18 Å². The van der Waals surface area contributed by atoms with Gasteiger partial charge in [0.2, 0.25) is 5.95 Å². The van der Waals surface area contributed by atoms with Crippen LogP contribution in [0.15, 0.2) is 53.5 Å². The standard InChI is InChI=1S/C24H20Cl2F3N7O/c1-34-9-11-35(12-10-34)15-7-5-14(6-8-15)31-23-30-13-16-19(32-23)21(24(27,28)29)33-36(22(16)37)20-17(25)3-2-4-18(20)26/h2-8,13H,9-12H2,1H3,(H,30,31,32). The zero-order chi connectivity index (χ0) is 26.3. The molecule has 37 heavy (non-hydrogen) atoms. The molecule has 1 N–H and O–H groups in total. The normalized spacial score (nSPS) is 14.8. The Morgan fingerprint density at radius 3 is 2.24 bits per heavy atom. The Hall–Kier alpha value is -3.41. The van der Waals surface area contributed by atoms with Crippen LogP contribution in [0.25, 0.3) is 16.6 Å². The highest BCUT2D eigenvalue weighted by atomic mass is 35.5. The minimum absolute atomic E-state index is 0.0335. The van der Waals surface area contributed by atoms with E-state index in [4.69, 9.17) is 23.2 Å². The molecule has 192 valence electrons. The van der Waals surface area contributed by atoms with Crippen molar-refractivity contribution in [3.8, 4) is 5.69 Å². The number of anilines is 3. The third-order valence-corrected chi connectivity index (χ3v) is 6.66. The molecule has 1 fully saturated rings. The van der Waals surface area contributed by atoms with Crippen molar-refractivity contribution in [2.75, 3.05) is 43.4 Å². The molecule has 0 bridgehead atoms. The molecule has 0 atom stereocenters. The van der Waals surface area contributed by atoms with Crippen LogP contribution in [0.1, 0.15) is 5.69 Å². The van der Waals surface area contributed by atoms with E-state index in [1.807, 2.05) is 12.1 Å². The number of aromatic nitrogens is 4. The Morgan fingerprint density at radius 2 is 1.62 bits per heavy atom. The lowest BCUT2D eigenvalue weighted by Crippen LogP contribution is -2.44. The molecule has 0 radical (unpaired) electrons. The summed E-state index contributed by atoms with van der Waals surface area (Å²) in [6.45, 7) is 3.73. The summed E-state index contributed by atoms with van der Waals surface area (Å²) >= 11 is 12.2. The molecular weight excluding hydrogens is 530 g/mol. The molecule has 5 rings (SSSR count). The summed E-state index contributed by atoms with van der Waals surface area (Å²) in [6.07, 6.45) is -3.89. The number of hydrogen-bond acceptors (Lipinski definition) is 7. The molecule has 13 heteroatoms. The number of piperazine rings is 1. The maximum Gasteiger partial charge on any atom is 0.437 e. The lowest BCUT2D eigenvalue weighted by atomic mass is 10.2. The predicted octanol–water partition coefficient (Wildman–Crippen LogP) is 5.00. The van der Waals surface area contributed by atoms with E-state index in [0.29, 0.717) is 10.4 Å². The lowest BCUT2D eigenvalue weighted by Gasteiger charge is -2.34. The SMILES string of the molecule is CN1CCN(c2ccc(Nc3ncc4c(=O)n(-c5c(Cl)cccc5Cl)nc(C(F)(F)F)c4n3)cc2)CC1. The van der Waals surface area contributed by atoms with Gasteiger partial charge in [0, 0.05) is 43.8 Å². The number of halogens is 5. The molecule has 4 aromatic rings. The minimum Gasteiger partial charge on any atom is -0.369 e. The first-order chi connectivity index (χ1) is 17.6. The highest BCUT2D eigenvalue weighted by Crippen LogP contribution is 2.34. The van der Waals surface area contributed by atoms with Crippen molar-refractivity contribution in [3.05, 3.63) is 74.8 Å². The van der Waals surface area contributed by atoms with Crippen LogP contribution >= 0.6 is 23.2 Å². The van der Waals surface area contributed by atoms with Crippen LogP contribution in [0.2, 0.25) is 10.0 Å². The van der Waals surface area contributed by atoms with Crippen LogP contribution in [-0.2, 0) is 6.18 Å². The third kappa shape index (κ3) is 5.07. The van der Waals surface area contributed by atoms with Gasteiger partial charge in [-0.1, -0.05) is 29.3 Å². The smallest absolute Gasteiger partial charge is 0.369 e. The molecule has 0 amide bonds. The molecule has 2 aromatic heterocycles. The second-order valence-electron chi connectivity index (χ2n) is 8.55. The van der Waals surface area contributed by atoms with Crippen molar-refractivity contribution in [2.24, 2.45) is 0 Å². The summed E-state index contributed by atoms with van der Waals surface area (Å²) < 4.78 is 42.6. The van der Waals surface area contributed by atoms with Crippen LogP contribution in [0.3, 0.4) is 0 Å². The molecule has 3 heterocycles. The Balaban J connectivity index is 1.51. The third-order valence-electron chi connectivity index (χ3n) is 6.05. The van der Waals surface area contributed by atoms with Gasteiger partial charge in [-0.2, -0.15) is 23.0 Å². The number of likely N-dealkylation sites (N-methyl/N-ethyl adjacent to an activating group) is 1. The van der Waals surface area contributed by atoms with Gasteiger partial charge in [0.15, 0.2) is 5.69 Å². The van der Waals surface area contributed by atoms with E-state index < -0.39 is 22.9 Å². The predicted molar refractivity (Wildman–Crippen MR) is 137 cm³/mol. The molecule has 1 aliphatic heterocycles. The summed E-state index contributed by atoms with van der Waals surface area (Å²) in [5.74, 6) is -0.111. The summed E-state index contributed by atoms with van der Waals surface area (Å²) in [6, 6.07) is 11.7. The monoisotopic (exact) mass is 549 g/mol. The number of alkyl halides is 3. The maximum atomic E-state index is 14.0. The second kappa shape index (κ2) is 9.81. The number of benzene rings is 2. The van der Waals surface area contributed by atoms with E-state index in [-0.39, 0.29) is 27.1 Å². The fourth-order valence-electron chi connectivity index (χ4n) is 4.07. The zero-order valence-electron chi connectivity index (χ0n) is 19.4. The van der Waals surface area contributed by atoms with Gasteiger partial charge in [-0.3, -0.25) is 4.79 Å². The quantitative estimate of drug-likeness (QED) is 0.384. The van der Waals surface area contributed by atoms with Crippen molar-refractivity contribution >= 4 is 51.4 Å². The summed E-state index contributed by atoms with van der Waals surface area (Å²) in [4.78, 5) is 25.7. The van der Waals surface area contributed by atoms with Crippen LogP contribution in [0.5, 0.6) is 0 Å². The summed E-state index contributed by atoms with van der Waals surface area (Å²) in [7, 11) is 2.08. The van der Waals surface area contributed by atoms with E-state index >= 15 is 0 Å². The van der Waals surface area contributed by atoms with Crippen molar-refractivity contribution in [1.82, 2.24) is 24.6 Å². The highest BCUT2D eigenvalue weighted by Gasteiger charge is 2.38. The van der Waals surface area contributed by atoms with Gasteiger partial charge in [0.05, 0.1) is 15.4 Å². The molecule has 0 spiro atoms. The average Bonchev–Trinajstić information content (AvgIpc) is 2.85. The van der Waals surface area contributed by atoms with Gasteiger partial charge in [-0.05, 0) is 43.4 Å². The largest absolute Gasteiger partial charge is 0.437 e. The Labute approximate surface area is 219 Å². The highest BCUT2D eigenvalue weighted by molar-refractivity contribution is 6.37. The zero-order valence-corrected chi connectivity index (χ0v) is 20.9. The fraction of sp³-hybridized carbons (Fsp3) is 0.250. The first kappa shape index (κ1) is 25.2. The van der Waals surface area contributed by atoms with Crippen molar-refractivity contribution in [3.63, 3.8) is 0 Å². The van der Waals surface area contributed by atoms with Crippen LogP contribution in [-0.4, -0.2) is 57.9 Å². The molecule has 1 saturated heterocycles. The number of nitrogens with zero attached hydrogens (tertiary/aromatic N) is 6. The van der Waals surface area contributed by atoms with Gasteiger partial charge in [-0.15, -0.1) is 0 Å². The number of nitrogens with one attached hydrogen (secondary N) is 1.